The molecule has 1 aromatic heterocycles. The van der Waals surface area contributed by atoms with Crippen molar-refractivity contribution < 1.29 is 4.74 Å². The summed E-state index contributed by atoms with van der Waals surface area (Å²) in [5, 5.41) is 2.12. The minimum atomic E-state index is 0.840. The quantitative estimate of drug-likeness (QED) is 0.338. The van der Waals surface area contributed by atoms with Crippen molar-refractivity contribution in [1.82, 2.24) is 0 Å². The molecule has 132 valence electrons. The fourth-order valence-corrected chi connectivity index (χ4v) is 3.83. The maximum absolute atomic E-state index is 6.01. The first-order valence-corrected chi connectivity index (χ1v) is 10.6. The van der Waals surface area contributed by atoms with Gasteiger partial charge >= 0.3 is 0 Å². The van der Waals surface area contributed by atoms with Gasteiger partial charge in [-0.25, -0.2) is 0 Å². The summed E-state index contributed by atoms with van der Waals surface area (Å²) in [5.74, 6) is 1.04. The standard InChI is InChI=1S/C22H32OS/c1-2-3-4-5-6-7-8-9-10-14-18-23-21-17-19-24-22(21)20-15-12-11-13-16-20/h11-13,15-17,19H,2-10,14,18H2,1H3. The molecule has 0 saturated carbocycles. The minimum Gasteiger partial charge on any atom is -0.492 e. The van der Waals surface area contributed by atoms with Gasteiger partial charge in [0.1, 0.15) is 5.75 Å². The lowest BCUT2D eigenvalue weighted by Gasteiger charge is -2.07. The molecule has 2 aromatic rings. The van der Waals surface area contributed by atoms with Gasteiger partial charge in [0.15, 0.2) is 0 Å². The summed E-state index contributed by atoms with van der Waals surface area (Å²) in [6.45, 7) is 3.12. The Kier molecular flexibility index (Phi) is 9.63. The first-order valence-electron chi connectivity index (χ1n) is 9.67. The van der Waals surface area contributed by atoms with E-state index in [1.807, 2.05) is 0 Å². The molecule has 1 heterocycles. The summed E-state index contributed by atoms with van der Waals surface area (Å²) in [6.07, 6.45) is 13.6. The van der Waals surface area contributed by atoms with E-state index in [0.29, 0.717) is 0 Å². The average molecular weight is 345 g/mol. The molecular weight excluding hydrogens is 312 g/mol. The number of hydrogen-bond donors (Lipinski definition) is 0. The third-order valence-corrected chi connectivity index (χ3v) is 5.37. The van der Waals surface area contributed by atoms with Crippen molar-refractivity contribution in [2.75, 3.05) is 6.61 Å². The van der Waals surface area contributed by atoms with Crippen LogP contribution in [-0.4, -0.2) is 6.61 Å². The monoisotopic (exact) mass is 344 g/mol. The second-order valence-corrected chi connectivity index (χ2v) is 7.43. The average Bonchev–Trinajstić information content (AvgIpc) is 3.09. The molecule has 0 spiro atoms. The van der Waals surface area contributed by atoms with E-state index in [9.17, 15) is 0 Å². The van der Waals surface area contributed by atoms with Crippen molar-refractivity contribution in [3.63, 3.8) is 0 Å². The Morgan fingerprint density at radius 2 is 1.38 bits per heavy atom. The van der Waals surface area contributed by atoms with Gasteiger partial charge in [-0.2, -0.15) is 0 Å². The normalized spacial score (nSPS) is 10.9. The lowest BCUT2D eigenvalue weighted by Crippen LogP contribution is -1.97. The molecule has 0 unspecified atom stereocenters. The number of thiophene rings is 1. The Morgan fingerprint density at radius 3 is 2.04 bits per heavy atom. The molecule has 1 aromatic carbocycles. The molecule has 0 fully saturated rings. The summed E-state index contributed by atoms with van der Waals surface area (Å²) in [5.41, 5.74) is 1.26. The van der Waals surface area contributed by atoms with E-state index in [1.54, 1.807) is 11.3 Å². The van der Waals surface area contributed by atoms with Crippen LogP contribution in [0.1, 0.15) is 71.1 Å². The lowest BCUT2D eigenvalue weighted by atomic mass is 10.1. The second kappa shape index (κ2) is 12.1. The van der Waals surface area contributed by atoms with Crippen molar-refractivity contribution in [3.05, 3.63) is 41.8 Å². The van der Waals surface area contributed by atoms with Crippen LogP contribution in [0.2, 0.25) is 0 Å². The van der Waals surface area contributed by atoms with E-state index >= 15 is 0 Å². The van der Waals surface area contributed by atoms with Crippen molar-refractivity contribution >= 4 is 11.3 Å². The van der Waals surface area contributed by atoms with Crippen LogP contribution >= 0.6 is 11.3 Å². The van der Waals surface area contributed by atoms with Crippen molar-refractivity contribution in [2.24, 2.45) is 0 Å². The highest BCUT2D eigenvalue weighted by Crippen LogP contribution is 2.35. The number of hydrogen-bond acceptors (Lipinski definition) is 2. The van der Waals surface area contributed by atoms with Gasteiger partial charge in [-0.15, -0.1) is 11.3 Å². The molecule has 0 saturated heterocycles. The summed E-state index contributed by atoms with van der Waals surface area (Å²) < 4.78 is 6.01. The lowest BCUT2D eigenvalue weighted by molar-refractivity contribution is 0.306. The first-order chi connectivity index (χ1) is 11.9. The molecule has 0 aliphatic carbocycles. The Morgan fingerprint density at radius 1 is 0.750 bits per heavy atom. The van der Waals surface area contributed by atoms with Gasteiger partial charge in [-0.3, -0.25) is 0 Å². The predicted molar refractivity (Wildman–Crippen MR) is 107 cm³/mol. The van der Waals surface area contributed by atoms with E-state index in [2.05, 4.69) is 48.7 Å². The van der Waals surface area contributed by atoms with Crippen LogP contribution in [0.3, 0.4) is 0 Å². The minimum absolute atomic E-state index is 0.840. The van der Waals surface area contributed by atoms with Gasteiger partial charge in [-0.05, 0) is 23.4 Å². The fraction of sp³-hybridized carbons (Fsp3) is 0.545. The van der Waals surface area contributed by atoms with Crippen LogP contribution in [0.4, 0.5) is 0 Å². The zero-order valence-electron chi connectivity index (χ0n) is 15.1. The smallest absolute Gasteiger partial charge is 0.137 e. The molecule has 24 heavy (non-hydrogen) atoms. The largest absolute Gasteiger partial charge is 0.492 e. The summed E-state index contributed by atoms with van der Waals surface area (Å²) >= 11 is 1.76. The van der Waals surface area contributed by atoms with Gasteiger partial charge < -0.3 is 4.74 Å². The van der Waals surface area contributed by atoms with E-state index in [0.717, 1.165) is 12.4 Å². The molecule has 0 amide bonds. The zero-order chi connectivity index (χ0) is 16.9. The van der Waals surface area contributed by atoms with Crippen LogP contribution in [-0.2, 0) is 0 Å². The highest BCUT2D eigenvalue weighted by atomic mass is 32.1. The molecule has 2 rings (SSSR count). The molecule has 0 N–H and O–H groups in total. The molecule has 0 atom stereocenters. The highest BCUT2D eigenvalue weighted by Gasteiger charge is 2.07. The van der Waals surface area contributed by atoms with Crippen molar-refractivity contribution in [1.29, 1.82) is 0 Å². The molecule has 2 heteroatoms. The van der Waals surface area contributed by atoms with Crippen molar-refractivity contribution in [2.45, 2.75) is 71.1 Å². The Bertz CT molecular complexity index is 532. The summed E-state index contributed by atoms with van der Waals surface area (Å²) in [7, 11) is 0. The molecule has 1 nitrogen and oxygen atoms in total. The predicted octanol–water partition coefficient (Wildman–Crippen LogP) is 7.71. The molecular formula is C22H32OS. The van der Waals surface area contributed by atoms with Crippen LogP contribution in [0, 0.1) is 0 Å². The first kappa shape index (κ1) is 19.1. The van der Waals surface area contributed by atoms with Gasteiger partial charge in [0.25, 0.3) is 0 Å². The van der Waals surface area contributed by atoms with E-state index in [4.69, 9.17) is 4.74 Å². The number of ether oxygens (including phenoxy) is 1. The van der Waals surface area contributed by atoms with Gasteiger partial charge in [0.05, 0.1) is 11.5 Å². The van der Waals surface area contributed by atoms with Gasteiger partial charge in [0.2, 0.25) is 0 Å². The molecule has 0 aliphatic rings. The Balaban J connectivity index is 1.54. The van der Waals surface area contributed by atoms with E-state index in [-0.39, 0.29) is 0 Å². The highest BCUT2D eigenvalue weighted by molar-refractivity contribution is 7.14. The number of unbranched alkanes of at least 4 members (excludes halogenated alkanes) is 9. The van der Waals surface area contributed by atoms with Gasteiger partial charge in [-0.1, -0.05) is 95.0 Å². The number of benzene rings is 1. The van der Waals surface area contributed by atoms with Crippen LogP contribution in [0.15, 0.2) is 41.8 Å². The fourth-order valence-electron chi connectivity index (χ4n) is 2.98. The maximum Gasteiger partial charge on any atom is 0.137 e. The molecule has 0 bridgehead atoms. The number of rotatable bonds is 13. The Hall–Kier alpha value is -1.28. The third kappa shape index (κ3) is 7.09. The molecule has 0 aliphatic heterocycles. The Labute approximate surface area is 152 Å². The van der Waals surface area contributed by atoms with Crippen LogP contribution < -0.4 is 4.74 Å². The molecule has 0 radical (unpaired) electrons. The topological polar surface area (TPSA) is 9.23 Å². The maximum atomic E-state index is 6.01. The zero-order valence-corrected chi connectivity index (χ0v) is 16.0. The van der Waals surface area contributed by atoms with Gasteiger partial charge in [0, 0.05) is 0 Å². The summed E-state index contributed by atoms with van der Waals surface area (Å²) in [6, 6.07) is 12.6. The second-order valence-electron chi connectivity index (χ2n) is 6.51. The van der Waals surface area contributed by atoms with Crippen molar-refractivity contribution in [3.8, 4) is 16.2 Å². The van der Waals surface area contributed by atoms with Crippen LogP contribution in [0.5, 0.6) is 5.75 Å². The van der Waals surface area contributed by atoms with Crippen LogP contribution in [0.25, 0.3) is 10.4 Å². The summed E-state index contributed by atoms with van der Waals surface area (Å²) in [4.78, 5) is 1.25. The third-order valence-electron chi connectivity index (χ3n) is 4.42. The van der Waals surface area contributed by atoms with E-state index in [1.165, 1.54) is 74.6 Å². The van der Waals surface area contributed by atoms with E-state index < -0.39 is 0 Å². The SMILES string of the molecule is CCCCCCCCCCCCOc1ccsc1-c1ccccc1.